The van der Waals surface area contributed by atoms with Crippen LogP contribution in [0.4, 0.5) is 0 Å². The van der Waals surface area contributed by atoms with Gasteiger partial charge in [-0.3, -0.25) is 14.4 Å². The number of piperidine rings is 1. The molecular weight excluding hydrogens is 426 g/mol. The highest BCUT2D eigenvalue weighted by atomic mass is 35.5. The van der Waals surface area contributed by atoms with Crippen molar-refractivity contribution in [3.8, 4) is 5.75 Å². The van der Waals surface area contributed by atoms with Crippen LogP contribution >= 0.6 is 11.6 Å². The summed E-state index contributed by atoms with van der Waals surface area (Å²) in [6.45, 7) is 4.88. The van der Waals surface area contributed by atoms with Crippen molar-refractivity contribution in [2.24, 2.45) is 0 Å². The second kappa shape index (κ2) is 9.07. The Morgan fingerprint density at radius 1 is 1.09 bits per heavy atom. The minimum Gasteiger partial charge on any atom is -0.486 e. The van der Waals surface area contributed by atoms with Gasteiger partial charge in [0, 0.05) is 49.4 Å². The van der Waals surface area contributed by atoms with Crippen molar-refractivity contribution >= 4 is 29.1 Å². The van der Waals surface area contributed by atoms with E-state index in [1.54, 1.807) is 12.1 Å². The molecule has 0 N–H and O–H groups in total. The molecule has 1 fully saturated rings. The third-order valence-corrected chi connectivity index (χ3v) is 7.23. The standard InChI is InChI=1S/C26H28ClNO4/c1-17-15-22-24(18(2)25(17)27)21(30)16-26(32-22)11-13-28(14-12-26)23(31)10-6-9-20(29)19-7-4-3-5-8-19/h3-5,7-8,15H,6,9-14,16H2,1-2H3. The molecule has 2 aromatic carbocycles. The number of aryl methyl sites for hydroxylation is 1. The first kappa shape index (κ1) is 22.5. The predicted octanol–water partition coefficient (Wildman–Crippen LogP) is 5.34. The van der Waals surface area contributed by atoms with Crippen molar-refractivity contribution in [3.63, 3.8) is 0 Å². The molecule has 1 amide bonds. The number of fused-ring (bicyclic) bond motifs is 1. The van der Waals surface area contributed by atoms with Gasteiger partial charge in [0.25, 0.3) is 0 Å². The Labute approximate surface area is 193 Å². The quantitative estimate of drug-likeness (QED) is 0.573. The zero-order chi connectivity index (χ0) is 22.9. The van der Waals surface area contributed by atoms with Crippen molar-refractivity contribution in [1.82, 2.24) is 4.90 Å². The molecule has 2 heterocycles. The van der Waals surface area contributed by atoms with Gasteiger partial charge in [-0.25, -0.2) is 0 Å². The summed E-state index contributed by atoms with van der Waals surface area (Å²) in [5.74, 6) is 0.792. The summed E-state index contributed by atoms with van der Waals surface area (Å²) in [7, 11) is 0. The minimum atomic E-state index is -0.559. The van der Waals surface area contributed by atoms with Crippen LogP contribution in [0, 0.1) is 13.8 Å². The van der Waals surface area contributed by atoms with Crippen LogP contribution in [0.15, 0.2) is 36.4 Å². The van der Waals surface area contributed by atoms with E-state index >= 15 is 0 Å². The Balaban J connectivity index is 1.32. The number of hydrogen-bond acceptors (Lipinski definition) is 4. The van der Waals surface area contributed by atoms with Crippen molar-refractivity contribution < 1.29 is 19.1 Å². The first-order valence-corrected chi connectivity index (χ1v) is 11.6. The lowest BCUT2D eigenvalue weighted by Gasteiger charge is -2.44. The van der Waals surface area contributed by atoms with Gasteiger partial charge < -0.3 is 9.64 Å². The number of rotatable bonds is 5. The molecule has 2 aliphatic rings. The summed E-state index contributed by atoms with van der Waals surface area (Å²) >= 11 is 6.33. The van der Waals surface area contributed by atoms with Gasteiger partial charge in [0.15, 0.2) is 11.6 Å². The van der Waals surface area contributed by atoms with E-state index in [0.717, 1.165) is 11.1 Å². The van der Waals surface area contributed by atoms with Crippen LogP contribution in [0.5, 0.6) is 5.75 Å². The zero-order valence-corrected chi connectivity index (χ0v) is 19.3. The molecule has 32 heavy (non-hydrogen) atoms. The number of amides is 1. The molecule has 2 aromatic rings. The molecule has 0 bridgehead atoms. The zero-order valence-electron chi connectivity index (χ0n) is 18.6. The number of Topliss-reactive ketones (excluding diaryl/α,β-unsaturated/α-hetero) is 2. The van der Waals surface area contributed by atoms with Crippen LogP contribution in [-0.4, -0.2) is 41.1 Å². The number of halogens is 1. The Kier molecular flexibility index (Phi) is 6.38. The molecule has 1 saturated heterocycles. The van der Waals surface area contributed by atoms with Crippen molar-refractivity contribution in [2.75, 3.05) is 13.1 Å². The Morgan fingerprint density at radius 2 is 1.78 bits per heavy atom. The molecule has 6 heteroatoms. The number of carbonyl (C=O) groups is 3. The van der Waals surface area contributed by atoms with E-state index in [2.05, 4.69) is 0 Å². The van der Waals surface area contributed by atoms with Crippen LogP contribution in [0.25, 0.3) is 0 Å². The Hall–Kier alpha value is -2.66. The molecule has 0 unspecified atom stereocenters. The maximum Gasteiger partial charge on any atom is 0.222 e. The predicted molar refractivity (Wildman–Crippen MR) is 124 cm³/mol. The van der Waals surface area contributed by atoms with Crippen molar-refractivity contribution in [3.05, 3.63) is 63.7 Å². The fourth-order valence-corrected chi connectivity index (χ4v) is 4.92. The van der Waals surface area contributed by atoms with Crippen molar-refractivity contribution in [2.45, 2.75) is 58.0 Å². The van der Waals surface area contributed by atoms with Gasteiger partial charge in [-0.2, -0.15) is 0 Å². The van der Waals surface area contributed by atoms with Crippen LogP contribution < -0.4 is 4.74 Å². The van der Waals surface area contributed by atoms with Crippen LogP contribution in [0.2, 0.25) is 5.02 Å². The van der Waals surface area contributed by atoms with E-state index < -0.39 is 5.60 Å². The Morgan fingerprint density at radius 3 is 2.47 bits per heavy atom. The fraction of sp³-hybridized carbons (Fsp3) is 0.423. The van der Waals surface area contributed by atoms with Crippen LogP contribution in [-0.2, 0) is 4.79 Å². The normalized spacial score (nSPS) is 17.1. The molecule has 4 rings (SSSR count). The second-order valence-corrected chi connectivity index (χ2v) is 9.29. The van der Waals surface area contributed by atoms with Crippen molar-refractivity contribution in [1.29, 1.82) is 0 Å². The van der Waals surface area contributed by atoms with Crippen LogP contribution in [0.1, 0.15) is 70.4 Å². The first-order chi connectivity index (χ1) is 15.3. The average molecular weight is 454 g/mol. The first-order valence-electron chi connectivity index (χ1n) is 11.2. The van der Waals surface area contributed by atoms with E-state index in [1.807, 2.05) is 43.0 Å². The topological polar surface area (TPSA) is 63.7 Å². The van der Waals surface area contributed by atoms with Gasteiger partial charge in [-0.05, 0) is 37.5 Å². The summed E-state index contributed by atoms with van der Waals surface area (Å²) in [5, 5.41) is 0.614. The molecule has 5 nitrogen and oxygen atoms in total. The number of hydrogen-bond donors (Lipinski definition) is 0. The number of ether oxygens (including phenoxy) is 1. The van der Waals surface area contributed by atoms with E-state index in [1.165, 1.54) is 0 Å². The molecule has 1 spiro atoms. The highest BCUT2D eigenvalue weighted by Gasteiger charge is 2.44. The molecule has 2 aliphatic heterocycles. The number of ketones is 2. The SMILES string of the molecule is Cc1cc2c(c(C)c1Cl)C(=O)CC1(CCN(C(=O)CCCC(=O)c3ccccc3)CC1)O2. The molecule has 168 valence electrons. The van der Waals surface area contributed by atoms with Crippen LogP contribution in [0.3, 0.4) is 0 Å². The second-order valence-electron chi connectivity index (χ2n) is 8.91. The third-order valence-electron chi connectivity index (χ3n) is 6.65. The lowest BCUT2D eigenvalue weighted by atomic mass is 9.81. The lowest BCUT2D eigenvalue weighted by Crippen LogP contribution is -2.52. The summed E-state index contributed by atoms with van der Waals surface area (Å²) in [5.41, 5.74) is 2.39. The summed E-state index contributed by atoms with van der Waals surface area (Å²) in [4.78, 5) is 39.7. The maximum atomic E-state index is 12.9. The monoisotopic (exact) mass is 453 g/mol. The summed E-state index contributed by atoms with van der Waals surface area (Å²) < 4.78 is 6.38. The average Bonchev–Trinajstić information content (AvgIpc) is 2.78. The number of nitrogens with zero attached hydrogens (tertiary/aromatic N) is 1. The van der Waals surface area contributed by atoms with E-state index in [-0.39, 0.29) is 17.5 Å². The van der Waals surface area contributed by atoms with E-state index in [9.17, 15) is 14.4 Å². The Bertz CT molecular complexity index is 1060. The maximum absolute atomic E-state index is 12.9. The van der Waals surface area contributed by atoms with Gasteiger partial charge >= 0.3 is 0 Å². The molecule has 0 radical (unpaired) electrons. The van der Waals surface area contributed by atoms with E-state index in [0.29, 0.717) is 73.5 Å². The van der Waals surface area contributed by atoms with Gasteiger partial charge in [0.1, 0.15) is 11.4 Å². The van der Waals surface area contributed by atoms with Gasteiger partial charge in [0.2, 0.25) is 5.91 Å². The summed E-state index contributed by atoms with van der Waals surface area (Å²) in [6, 6.07) is 11.0. The molecular formula is C26H28ClNO4. The molecule has 0 aliphatic carbocycles. The number of benzene rings is 2. The molecule has 0 atom stereocenters. The highest BCUT2D eigenvalue weighted by molar-refractivity contribution is 6.32. The molecule has 0 saturated carbocycles. The van der Waals surface area contributed by atoms with Gasteiger partial charge in [-0.15, -0.1) is 0 Å². The number of carbonyl (C=O) groups excluding carboxylic acids is 3. The molecule has 0 aromatic heterocycles. The lowest BCUT2D eigenvalue weighted by molar-refractivity contribution is -0.134. The highest BCUT2D eigenvalue weighted by Crippen LogP contribution is 2.43. The smallest absolute Gasteiger partial charge is 0.222 e. The number of likely N-dealkylation sites (tertiary alicyclic amines) is 1. The fourth-order valence-electron chi connectivity index (χ4n) is 4.77. The minimum absolute atomic E-state index is 0.0571. The summed E-state index contributed by atoms with van der Waals surface area (Å²) in [6.07, 6.45) is 2.80. The van der Waals surface area contributed by atoms with E-state index in [4.69, 9.17) is 16.3 Å². The van der Waals surface area contributed by atoms with Gasteiger partial charge in [0.05, 0.1) is 12.0 Å². The van der Waals surface area contributed by atoms with Gasteiger partial charge in [-0.1, -0.05) is 41.9 Å². The third kappa shape index (κ3) is 4.44. The largest absolute Gasteiger partial charge is 0.486 e.